The Morgan fingerprint density at radius 3 is 2.92 bits per heavy atom. The van der Waals surface area contributed by atoms with Crippen molar-refractivity contribution < 1.29 is 9.63 Å². The molecule has 0 saturated carbocycles. The molecular formula is C6H7BrN2O2S. The summed E-state index contributed by atoms with van der Waals surface area (Å²) in [6, 6.07) is 0. The van der Waals surface area contributed by atoms with Crippen LogP contribution in [0.5, 0.6) is 0 Å². The second-order valence-corrected chi connectivity index (χ2v) is 4.27. The van der Waals surface area contributed by atoms with E-state index in [2.05, 4.69) is 20.9 Å². The quantitative estimate of drug-likeness (QED) is 0.749. The number of thiazole rings is 1. The molecule has 0 radical (unpaired) electrons. The van der Waals surface area contributed by atoms with Gasteiger partial charge in [-0.05, 0) is 15.9 Å². The van der Waals surface area contributed by atoms with Crippen LogP contribution in [-0.4, -0.2) is 30.1 Å². The lowest BCUT2D eigenvalue weighted by atomic mass is 10.5. The minimum Gasteiger partial charge on any atom is -0.274 e. The zero-order chi connectivity index (χ0) is 9.14. The maximum Gasteiger partial charge on any atom is 0.288 e. The van der Waals surface area contributed by atoms with Gasteiger partial charge in [0.25, 0.3) is 5.91 Å². The van der Waals surface area contributed by atoms with Gasteiger partial charge in [-0.15, -0.1) is 11.3 Å². The van der Waals surface area contributed by atoms with Crippen molar-refractivity contribution in [1.29, 1.82) is 0 Å². The fraction of sp³-hybridized carbons (Fsp3) is 0.333. The van der Waals surface area contributed by atoms with Crippen LogP contribution in [0.4, 0.5) is 0 Å². The molecule has 6 heteroatoms. The maximum atomic E-state index is 11.3. The average Bonchev–Trinajstić information content (AvgIpc) is 2.49. The van der Waals surface area contributed by atoms with Gasteiger partial charge in [0, 0.05) is 7.05 Å². The molecule has 0 unspecified atom stereocenters. The van der Waals surface area contributed by atoms with Crippen molar-refractivity contribution in [2.45, 2.75) is 0 Å². The number of hydroxylamine groups is 2. The van der Waals surface area contributed by atoms with Crippen LogP contribution in [0, 0.1) is 0 Å². The first-order valence-corrected chi connectivity index (χ1v) is 4.69. The van der Waals surface area contributed by atoms with Gasteiger partial charge in [-0.3, -0.25) is 9.63 Å². The summed E-state index contributed by atoms with van der Waals surface area (Å²) in [7, 11) is 2.99. The lowest BCUT2D eigenvalue weighted by Crippen LogP contribution is -2.24. The molecule has 0 atom stereocenters. The molecule has 0 aromatic carbocycles. The molecule has 0 fully saturated rings. The van der Waals surface area contributed by atoms with Gasteiger partial charge in [-0.1, -0.05) is 0 Å². The van der Waals surface area contributed by atoms with Crippen LogP contribution in [0.2, 0.25) is 0 Å². The lowest BCUT2D eigenvalue weighted by molar-refractivity contribution is -0.0754. The number of aromatic nitrogens is 1. The van der Waals surface area contributed by atoms with Gasteiger partial charge in [0.2, 0.25) is 0 Å². The molecule has 1 amide bonds. The molecule has 0 aliphatic carbocycles. The Morgan fingerprint density at radius 2 is 2.50 bits per heavy atom. The summed E-state index contributed by atoms with van der Waals surface area (Å²) >= 11 is 4.44. The van der Waals surface area contributed by atoms with E-state index in [0.717, 1.165) is 5.06 Å². The van der Waals surface area contributed by atoms with Gasteiger partial charge in [0.05, 0.1) is 13.3 Å². The Hall–Kier alpha value is -0.460. The number of amides is 1. The van der Waals surface area contributed by atoms with Crippen LogP contribution in [0.3, 0.4) is 0 Å². The van der Waals surface area contributed by atoms with Gasteiger partial charge in [-0.25, -0.2) is 10.0 Å². The normalized spacial score (nSPS) is 9.92. The highest BCUT2D eigenvalue weighted by molar-refractivity contribution is 9.11. The molecule has 0 aliphatic rings. The SMILES string of the molecule is CON(C)C(=O)c1cnc(Br)s1. The third kappa shape index (κ3) is 2.02. The van der Waals surface area contributed by atoms with E-state index in [0.29, 0.717) is 8.79 Å². The first-order valence-electron chi connectivity index (χ1n) is 3.08. The molecule has 0 bridgehead atoms. The second kappa shape index (κ2) is 3.97. The Labute approximate surface area is 82.2 Å². The Balaban J connectivity index is 2.78. The number of hydrogen-bond donors (Lipinski definition) is 0. The molecule has 0 N–H and O–H groups in total. The van der Waals surface area contributed by atoms with E-state index in [-0.39, 0.29) is 5.91 Å². The van der Waals surface area contributed by atoms with Crippen molar-refractivity contribution in [2.24, 2.45) is 0 Å². The molecule has 1 heterocycles. The van der Waals surface area contributed by atoms with E-state index in [4.69, 9.17) is 4.84 Å². The zero-order valence-electron chi connectivity index (χ0n) is 6.57. The number of carbonyl (C=O) groups excluding carboxylic acids is 1. The summed E-state index contributed by atoms with van der Waals surface area (Å²) in [6.45, 7) is 0. The molecule has 1 aromatic heterocycles. The lowest BCUT2D eigenvalue weighted by Gasteiger charge is -2.10. The van der Waals surface area contributed by atoms with Crippen LogP contribution < -0.4 is 0 Å². The van der Waals surface area contributed by atoms with Crippen LogP contribution >= 0.6 is 27.3 Å². The summed E-state index contributed by atoms with van der Waals surface area (Å²) in [5, 5.41) is 1.15. The summed E-state index contributed by atoms with van der Waals surface area (Å²) < 4.78 is 0.690. The molecule has 12 heavy (non-hydrogen) atoms. The molecule has 4 nitrogen and oxygen atoms in total. The number of rotatable bonds is 2. The third-order valence-corrected chi connectivity index (χ3v) is 2.71. The average molecular weight is 251 g/mol. The fourth-order valence-corrected chi connectivity index (χ4v) is 1.82. The fourth-order valence-electron chi connectivity index (χ4n) is 0.590. The first-order chi connectivity index (χ1) is 5.65. The van der Waals surface area contributed by atoms with Crippen LogP contribution in [-0.2, 0) is 4.84 Å². The van der Waals surface area contributed by atoms with E-state index < -0.39 is 0 Å². The van der Waals surface area contributed by atoms with Crippen LogP contribution in [0.15, 0.2) is 10.1 Å². The monoisotopic (exact) mass is 250 g/mol. The maximum absolute atomic E-state index is 11.3. The number of hydrogen-bond acceptors (Lipinski definition) is 4. The highest BCUT2D eigenvalue weighted by Gasteiger charge is 2.13. The van der Waals surface area contributed by atoms with Gasteiger partial charge < -0.3 is 0 Å². The topological polar surface area (TPSA) is 42.4 Å². The number of carbonyl (C=O) groups is 1. The molecule has 0 spiro atoms. The van der Waals surface area contributed by atoms with Gasteiger partial charge in [-0.2, -0.15) is 0 Å². The minimum atomic E-state index is -0.194. The number of halogens is 1. The summed E-state index contributed by atoms with van der Waals surface area (Å²) in [5.74, 6) is -0.194. The Kier molecular flexibility index (Phi) is 3.19. The van der Waals surface area contributed by atoms with Crippen molar-refractivity contribution in [3.63, 3.8) is 0 Å². The standard InChI is InChI=1S/C6H7BrN2O2S/c1-9(11-2)5(10)4-3-8-6(7)12-4/h3H,1-2H3. The number of nitrogens with zero attached hydrogens (tertiary/aromatic N) is 2. The largest absolute Gasteiger partial charge is 0.288 e. The highest BCUT2D eigenvalue weighted by Crippen LogP contribution is 2.19. The Morgan fingerprint density at radius 1 is 1.83 bits per heavy atom. The van der Waals surface area contributed by atoms with Crippen molar-refractivity contribution in [1.82, 2.24) is 10.0 Å². The van der Waals surface area contributed by atoms with Crippen molar-refractivity contribution >= 4 is 33.2 Å². The molecule has 1 aromatic rings. The molecule has 66 valence electrons. The summed E-state index contributed by atoms with van der Waals surface area (Å²) in [4.78, 5) is 20.5. The second-order valence-electron chi connectivity index (χ2n) is 1.96. The molecule has 1 rings (SSSR count). The Bertz CT molecular complexity index is 289. The van der Waals surface area contributed by atoms with Crippen molar-refractivity contribution in [2.75, 3.05) is 14.2 Å². The van der Waals surface area contributed by atoms with Crippen LogP contribution in [0.1, 0.15) is 9.67 Å². The smallest absolute Gasteiger partial charge is 0.274 e. The van der Waals surface area contributed by atoms with E-state index in [9.17, 15) is 4.79 Å². The van der Waals surface area contributed by atoms with E-state index in [1.165, 1.54) is 24.6 Å². The van der Waals surface area contributed by atoms with Gasteiger partial charge in [0.15, 0.2) is 3.92 Å². The molecule has 0 aliphatic heterocycles. The van der Waals surface area contributed by atoms with Gasteiger partial charge in [0.1, 0.15) is 4.88 Å². The molecule has 0 saturated heterocycles. The summed E-state index contributed by atoms with van der Waals surface area (Å²) in [5.41, 5.74) is 0. The zero-order valence-corrected chi connectivity index (χ0v) is 8.98. The third-order valence-electron chi connectivity index (χ3n) is 1.25. The minimum absolute atomic E-state index is 0.194. The van der Waals surface area contributed by atoms with Gasteiger partial charge >= 0.3 is 0 Å². The van der Waals surface area contributed by atoms with E-state index >= 15 is 0 Å². The predicted octanol–water partition coefficient (Wildman–Crippen LogP) is 1.54. The van der Waals surface area contributed by atoms with Crippen molar-refractivity contribution in [3.8, 4) is 0 Å². The van der Waals surface area contributed by atoms with E-state index in [1.54, 1.807) is 7.05 Å². The first kappa shape index (κ1) is 9.63. The highest BCUT2D eigenvalue weighted by atomic mass is 79.9. The predicted molar refractivity (Wildman–Crippen MR) is 48.9 cm³/mol. The van der Waals surface area contributed by atoms with E-state index in [1.807, 2.05) is 0 Å². The van der Waals surface area contributed by atoms with Crippen molar-refractivity contribution in [3.05, 3.63) is 15.0 Å². The van der Waals surface area contributed by atoms with Crippen LogP contribution in [0.25, 0.3) is 0 Å². The summed E-state index contributed by atoms with van der Waals surface area (Å²) in [6.07, 6.45) is 1.51. The molecular weight excluding hydrogens is 244 g/mol.